The number of rotatable bonds is 6. The van der Waals surface area contributed by atoms with E-state index in [2.05, 4.69) is 18.2 Å². The molecule has 0 atom stereocenters. The molecule has 0 amide bonds. The Bertz CT molecular complexity index is 1380. The Morgan fingerprint density at radius 1 is 0.714 bits per heavy atom. The number of benzene rings is 4. The molecule has 3 nitrogen and oxygen atoms in total. The van der Waals surface area contributed by atoms with E-state index in [9.17, 15) is 8.42 Å². The molecule has 0 radical (unpaired) electrons. The van der Waals surface area contributed by atoms with Gasteiger partial charge in [0.25, 0.3) is 0 Å². The lowest BCUT2D eigenvalue weighted by Gasteiger charge is -2.45. The van der Waals surface area contributed by atoms with Gasteiger partial charge in [0.15, 0.2) is 0 Å². The van der Waals surface area contributed by atoms with Crippen LogP contribution in [0, 0.1) is 6.92 Å². The summed E-state index contributed by atoms with van der Waals surface area (Å²) < 4.78 is 30.1. The van der Waals surface area contributed by atoms with E-state index in [1.165, 1.54) is 0 Å². The van der Waals surface area contributed by atoms with Gasteiger partial charge in [-0.2, -0.15) is 4.31 Å². The zero-order valence-electron chi connectivity index (χ0n) is 19.5. The lowest BCUT2D eigenvalue weighted by molar-refractivity contribution is 0.276. The largest absolute Gasteiger partial charge is 0.244 e. The van der Waals surface area contributed by atoms with Crippen molar-refractivity contribution in [1.82, 2.24) is 4.31 Å². The molecule has 1 aliphatic rings. The van der Waals surface area contributed by atoms with Gasteiger partial charge in [0.1, 0.15) is 5.54 Å². The summed E-state index contributed by atoms with van der Waals surface area (Å²) in [5.74, 6) is 0. The summed E-state index contributed by atoms with van der Waals surface area (Å²) in [7, 11) is -3.80. The van der Waals surface area contributed by atoms with Gasteiger partial charge in [0.05, 0.1) is 4.90 Å². The highest BCUT2D eigenvalue weighted by Crippen LogP contribution is 2.47. The highest BCUT2D eigenvalue weighted by Gasteiger charge is 2.47. The molecule has 35 heavy (non-hydrogen) atoms. The first-order valence-electron chi connectivity index (χ1n) is 11.7. The first-order chi connectivity index (χ1) is 17.0. The fourth-order valence-corrected chi connectivity index (χ4v) is 7.37. The molecule has 0 aromatic heterocycles. The fraction of sp³-hybridized carbons (Fsp3) is 0.133. The van der Waals surface area contributed by atoms with Crippen LogP contribution in [0.1, 0.15) is 23.1 Å². The standard InChI is InChI=1S/C30H27NO2S2/c1-24-17-19-29(20-18-24)35(32,33)31-22-21-28(34-27-15-9-4-10-16-27)23-30(31,25-11-5-2-6-12-25)26-13-7-3-8-14-26/h2-20,23H,21-22H2,1H3. The lowest BCUT2D eigenvalue weighted by atomic mass is 9.80. The Hall–Kier alpha value is -3.12. The summed E-state index contributed by atoms with van der Waals surface area (Å²) >= 11 is 1.71. The Balaban J connectivity index is 1.74. The number of thioether (sulfide) groups is 1. The summed E-state index contributed by atoms with van der Waals surface area (Å²) in [5, 5.41) is 0. The predicted octanol–water partition coefficient (Wildman–Crippen LogP) is 7.01. The van der Waals surface area contributed by atoms with Crippen molar-refractivity contribution in [1.29, 1.82) is 0 Å². The second-order valence-corrected chi connectivity index (χ2v) is 11.7. The lowest BCUT2D eigenvalue weighted by Crippen LogP contribution is -2.51. The van der Waals surface area contributed by atoms with Gasteiger partial charge in [-0.3, -0.25) is 0 Å². The Morgan fingerprint density at radius 3 is 1.77 bits per heavy atom. The van der Waals surface area contributed by atoms with Crippen LogP contribution in [0.2, 0.25) is 0 Å². The highest BCUT2D eigenvalue weighted by molar-refractivity contribution is 8.03. The van der Waals surface area contributed by atoms with E-state index in [-0.39, 0.29) is 0 Å². The molecule has 0 fully saturated rings. The molecule has 0 saturated carbocycles. The number of hydrogen-bond donors (Lipinski definition) is 0. The van der Waals surface area contributed by atoms with Crippen molar-refractivity contribution in [3.8, 4) is 0 Å². The normalized spacial score (nSPS) is 16.0. The van der Waals surface area contributed by atoms with Crippen LogP contribution in [0.5, 0.6) is 0 Å². The minimum Gasteiger partial charge on any atom is -0.207 e. The molecule has 5 heteroatoms. The molecular weight excluding hydrogens is 470 g/mol. The maximum atomic E-state index is 14.2. The summed E-state index contributed by atoms with van der Waals surface area (Å²) in [5.41, 5.74) is 1.91. The van der Waals surface area contributed by atoms with Crippen molar-refractivity contribution in [2.75, 3.05) is 6.54 Å². The molecule has 1 heterocycles. The number of nitrogens with zero attached hydrogens (tertiary/aromatic N) is 1. The number of aryl methyl sites for hydroxylation is 1. The maximum absolute atomic E-state index is 14.2. The fourth-order valence-electron chi connectivity index (χ4n) is 4.64. The van der Waals surface area contributed by atoms with Gasteiger partial charge in [-0.15, -0.1) is 0 Å². The van der Waals surface area contributed by atoms with Crippen LogP contribution in [-0.2, 0) is 15.6 Å². The van der Waals surface area contributed by atoms with Crippen molar-refractivity contribution >= 4 is 21.8 Å². The molecule has 4 aromatic carbocycles. The Morgan fingerprint density at radius 2 is 1.23 bits per heavy atom. The van der Waals surface area contributed by atoms with Gasteiger partial charge >= 0.3 is 0 Å². The minimum absolute atomic E-state index is 0.312. The van der Waals surface area contributed by atoms with Crippen molar-refractivity contribution < 1.29 is 8.42 Å². The Kier molecular flexibility index (Phi) is 6.65. The van der Waals surface area contributed by atoms with Crippen LogP contribution in [0.4, 0.5) is 0 Å². The first-order valence-corrected chi connectivity index (χ1v) is 13.9. The third-order valence-corrected chi connectivity index (χ3v) is 9.36. The highest BCUT2D eigenvalue weighted by atomic mass is 32.2. The molecular formula is C30H27NO2S2. The van der Waals surface area contributed by atoms with Crippen molar-refractivity contribution in [3.05, 3.63) is 143 Å². The monoisotopic (exact) mass is 497 g/mol. The molecule has 0 bridgehead atoms. The second kappa shape index (κ2) is 9.86. The molecule has 4 aromatic rings. The molecule has 0 unspecified atom stereocenters. The van der Waals surface area contributed by atoms with E-state index in [0.717, 1.165) is 26.5 Å². The SMILES string of the molecule is Cc1ccc(S(=O)(=O)N2CCC(Sc3ccccc3)=CC2(c2ccccc2)c2ccccc2)cc1. The van der Waals surface area contributed by atoms with E-state index < -0.39 is 15.6 Å². The molecule has 0 spiro atoms. The van der Waals surface area contributed by atoms with E-state index >= 15 is 0 Å². The molecule has 0 aliphatic carbocycles. The molecule has 0 saturated heterocycles. The Labute approximate surface area is 212 Å². The zero-order valence-corrected chi connectivity index (χ0v) is 21.2. The average molecular weight is 498 g/mol. The van der Waals surface area contributed by atoms with Crippen molar-refractivity contribution in [2.45, 2.75) is 28.7 Å². The van der Waals surface area contributed by atoms with Gasteiger partial charge in [0, 0.05) is 11.4 Å². The van der Waals surface area contributed by atoms with Gasteiger partial charge in [-0.05, 0) is 59.7 Å². The van der Waals surface area contributed by atoms with E-state index in [4.69, 9.17) is 0 Å². The summed E-state index contributed by atoms with van der Waals surface area (Å²) in [6.45, 7) is 2.34. The van der Waals surface area contributed by atoms with Gasteiger partial charge < -0.3 is 0 Å². The molecule has 5 rings (SSSR count). The molecule has 1 aliphatic heterocycles. The van der Waals surface area contributed by atoms with Crippen LogP contribution in [0.15, 0.2) is 136 Å². The quantitative estimate of drug-likeness (QED) is 0.288. The number of sulfonamides is 1. The minimum atomic E-state index is -3.80. The third kappa shape index (κ3) is 4.59. The van der Waals surface area contributed by atoms with Gasteiger partial charge in [-0.1, -0.05) is 108 Å². The average Bonchev–Trinajstić information content (AvgIpc) is 2.90. The van der Waals surface area contributed by atoms with Gasteiger partial charge in [0.2, 0.25) is 10.0 Å². The molecule has 176 valence electrons. The smallest absolute Gasteiger partial charge is 0.207 e. The van der Waals surface area contributed by atoms with E-state index in [0.29, 0.717) is 17.9 Å². The summed E-state index contributed by atoms with van der Waals surface area (Å²) in [6.07, 6.45) is 2.80. The summed E-state index contributed by atoms with van der Waals surface area (Å²) in [6, 6.07) is 37.3. The van der Waals surface area contributed by atoms with Gasteiger partial charge in [-0.25, -0.2) is 8.42 Å². The summed E-state index contributed by atoms with van der Waals surface area (Å²) in [4.78, 5) is 2.61. The van der Waals surface area contributed by atoms with E-state index in [1.807, 2.05) is 97.9 Å². The van der Waals surface area contributed by atoms with Crippen LogP contribution in [0.25, 0.3) is 0 Å². The first kappa shape index (κ1) is 23.6. The topological polar surface area (TPSA) is 37.4 Å². The van der Waals surface area contributed by atoms with E-state index in [1.54, 1.807) is 28.2 Å². The third-order valence-electron chi connectivity index (χ3n) is 6.35. The number of hydrogen-bond acceptors (Lipinski definition) is 3. The van der Waals surface area contributed by atoms with Crippen LogP contribution in [0.3, 0.4) is 0 Å². The van der Waals surface area contributed by atoms with Crippen LogP contribution >= 0.6 is 11.8 Å². The van der Waals surface area contributed by atoms with Crippen LogP contribution in [-0.4, -0.2) is 19.3 Å². The van der Waals surface area contributed by atoms with Crippen molar-refractivity contribution in [2.24, 2.45) is 0 Å². The van der Waals surface area contributed by atoms with Crippen LogP contribution < -0.4 is 0 Å². The zero-order chi connectivity index (χ0) is 24.3. The maximum Gasteiger partial charge on any atom is 0.244 e. The predicted molar refractivity (Wildman–Crippen MR) is 144 cm³/mol. The molecule has 0 N–H and O–H groups in total. The second-order valence-electron chi connectivity index (χ2n) is 8.66. The van der Waals surface area contributed by atoms with Crippen molar-refractivity contribution in [3.63, 3.8) is 0 Å².